The van der Waals surface area contributed by atoms with E-state index in [-0.39, 0.29) is 5.97 Å². The van der Waals surface area contributed by atoms with Crippen molar-refractivity contribution in [2.24, 2.45) is 5.41 Å². The van der Waals surface area contributed by atoms with Gasteiger partial charge < -0.3 is 4.74 Å². The largest absolute Gasteiger partial charge is 0.465 e. The molecule has 92 valence electrons. The zero-order valence-electron chi connectivity index (χ0n) is 9.94. The van der Waals surface area contributed by atoms with E-state index in [1.165, 1.54) is 6.20 Å². The molecular formula is C12H15ClN2O2. The first-order valence-corrected chi connectivity index (χ1v) is 5.67. The minimum atomic E-state index is -0.793. The number of aromatic nitrogens is 2. The Labute approximate surface area is 106 Å². The van der Waals surface area contributed by atoms with Crippen LogP contribution in [0.15, 0.2) is 25.0 Å². The van der Waals surface area contributed by atoms with Crippen LogP contribution in [0.5, 0.6) is 0 Å². The molecule has 1 heterocycles. The summed E-state index contributed by atoms with van der Waals surface area (Å²) in [4.78, 5) is 19.8. The van der Waals surface area contributed by atoms with E-state index in [0.29, 0.717) is 23.9 Å². The van der Waals surface area contributed by atoms with Crippen LogP contribution in [-0.4, -0.2) is 22.5 Å². The van der Waals surface area contributed by atoms with Gasteiger partial charge in [-0.1, -0.05) is 17.7 Å². The first-order chi connectivity index (χ1) is 8.01. The van der Waals surface area contributed by atoms with Gasteiger partial charge in [-0.2, -0.15) is 0 Å². The van der Waals surface area contributed by atoms with Crippen molar-refractivity contribution < 1.29 is 9.53 Å². The first kappa shape index (κ1) is 13.6. The van der Waals surface area contributed by atoms with E-state index in [9.17, 15) is 4.79 Å². The number of carbonyl (C=O) groups excluding carboxylic acids is 1. The summed E-state index contributed by atoms with van der Waals surface area (Å²) in [5.74, 6) is -0.313. The van der Waals surface area contributed by atoms with E-state index in [1.54, 1.807) is 26.1 Å². The Morgan fingerprint density at radius 3 is 2.76 bits per heavy atom. The van der Waals surface area contributed by atoms with Gasteiger partial charge in [-0.15, -0.1) is 6.58 Å². The van der Waals surface area contributed by atoms with Crippen LogP contribution >= 0.6 is 11.6 Å². The number of carbonyl (C=O) groups is 1. The van der Waals surface area contributed by atoms with Crippen molar-refractivity contribution >= 4 is 17.6 Å². The molecule has 17 heavy (non-hydrogen) atoms. The lowest BCUT2D eigenvalue weighted by Crippen LogP contribution is -2.30. The second kappa shape index (κ2) is 5.77. The molecule has 0 radical (unpaired) electrons. The molecule has 0 aromatic carbocycles. The van der Waals surface area contributed by atoms with Gasteiger partial charge in [0.2, 0.25) is 0 Å². The highest BCUT2D eigenvalue weighted by Gasteiger charge is 2.32. The van der Waals surface area contributed by atoms with Crippen LogP contribution in [-0.2, 0) is 16.0 Å². The molecule has 0 aliphatic heterocycles. The molecule has 0 N–H and O–H groups in total. The van der Waals surface area contributed by atoms with Gasteiger partial charge in [0.15, 0.2) is 0 Å². The lowest BCUT2D eigenvalue weighted by Gasteiger charge is -2.22. The minimum Gasteiger partial charge on any atom is -0.465 e. The van der Waals surface area contributed by atoms with Gasteiger partial charge in [-0.3, -0.25) is 9.78 Å². The normalized spacial score (nSPS) is 13.8. The molecule has 1 aromatic rings. The number of nitrogens with zero attached hydrogens (tertiary/aromatic N) is 2. The molecule has 1 atom stereocenters. The van der Waals surface area contributed by atoms with Gasteiger partial charge in [-0.25, -0.2) is 4.98 Å². The number of rotatable bonds is 5. The number of hydrogen-bond donors (Lipinski definition) is 0. The Morgan fingerprint density at radius 1 is 1.59 bits per heavy atom. The zero-order chi connectivity index (χ0) is 12.9. The van der Waals surface area contributed by atoms with Crippen LogP contribution in [0.25, 0.3) is 0 Å². The molecule has 0 aliphatic rings. The number of hydrogen-bond acceptors (Lipinski definition) is 4. The molecule has 4 nitrogen and oxygen atoms in total. The maximum atomic E-state index is 11.8. The van der Waals surface area contributed by atoms with Gasteiger partial charge in [0.05, 0.1) is 30.1 Å². The third-order valence-corrected chi connectivity index (χ3v) is 2.61. The standard InChI is InChI=1S/C12H15ClN2O2/c1-4-12(3,11(16)17-5-2)6-9-7-15-10(13)8-14-9/h4,7-8H,1,5-6H2,2-3H3. The highest BCUT2D eigenvalue weighted by molar-refractivity contribution is 6.29. The summed E-state index contributed by atoms with van der Waals surface area (Å²) in [7, 11) is 0. The highest BCUT2D eigenvalue weighted by Crippen LogP contribution is 2.24. The van der Waals surface area contributed by atoms with Gasteiger partial charge >= 0.3 is 5.97 Å². The van der Waals surface area contributed by atoms with Crippen LogP contribution in [0.4, 0.5) is 0 Å². The van der Waals surface area contributed by atoms with E-state index < -0.39 is 5.41 Å². The number of esters is 1. The molecule has 0 saturated heterocycles. The Balaban J connectivity index is 2.85. The topological polar surface area (TPSA) is 52.1 Å². The molecule has 5 heteroatoms. The highest BCUT2D eigenvalue weighted by atomic mass is 35.5. The fraction of sp³-hybridized carbons (Fsp3) is 0.417. The van der Waals surface area contributed by atoms with E-state index in [0.717, 1.165) is 0 Å². The van der Waals surface area contributed by atoms with Crippen molar-refractivity contribution in [3.63, 3.8) is 0 Å². The van der Waals surface area contributed by atoms with Gasteiger partial charge in [-0.05, 0) is 13.8 Å². The second-order valence-corrected chi connectivity index (χ2v) is 4.24. The average Bonchev–Trinajstić information content (AvgIpc) is 2.32. The third kappa shape index (κ3) is 3.53. The maximum absolute atomic E-state index is 11.8. The Kier molecular flexibility index (Phi) is 4.63. The number of halogens is 1. The summed E-state index contributed by atoms with van der Waals surface area (Å²) in [6.45, 7) is 7.54. The monoisotopic (exact) mass is 254 g/mol. The van der Waals surface area contributed by atoms with Crippen molar-refractivity contribution in [1.29, 1.82) is 0 Å². The molecular weight excluding hydrogens is 240 g/mol. The summed E-state index contributed by atoms with van der Waals surface area (Å²) in [6.07, 6.45) is 4.95. The smallest absolute Gasteiger partial charge is 0.316 e. The van der Waals surface area contributed by atoms with Crippen LogP contribution in [0.2, 0.25) is 5.15 Å². The lowest BCUT2D eigenvalue weighted by molar-refractivity contribution is -0.151. The molecule has 0 saturated carbocycles. The fourth-order valence-corrected chi connectivity index (χ4v) is 1.43. The second-order valence-electron chi connectivity index (χ2n) is 3.85. The van der Waals surface area contributed by atoms with Crippen LogP contribution in [0.1, 0.15) is 19.5 Å². The minimum absolute atomic E-state index is 0.313. The molecule has 0 spiro atoms. The van der Waals surface area contributed by atoms with Crippen molar-refractivity contribution in [2.75, 3.05) is 6.61 Å². The van der Waals surface area contributed by atoms with Gasteiger partial charge in [0.1, 0.15) is 5.15 Å². The predicted octanol–water partition coefficient (Wildman–Crippen LogP) is 2.43. The molecule has 1 rings (SSSR count). The first-order valence-electron chi connectivity index (χ1n) is 5.29. The predicted molar refractivity (Wildman–Crippen MR) is 65.7 cm³/mol. The molecule has 0 amide bonds. The van der Waals surface area contributed by atoms with Crippen molar-refractivity contribution in [1.82, 2.24) is 9.97 Å². The average molecular weight is 255 g/mol. The van der Waals surface area contributed by atoms with Gasteiger partial charge in [0.25, 0.3) is 0 Å². The van der Waals surface area contributed by atoms with Crippen LogP contribution in [0, 0.1) is 5.41 Å². The molecule has 1 unspecified atom stereocenters. The van der Waals surface area contributed by atoms with E-state index >= 15 is 0 Å². The summed E-state index contributed by atoms with van der Waals surface area (Å²) in [5.41, 5.74) is -0.122. The van der Waals surface area contributed by atoms with Crippen molar-refractivity contribution in [3.8, 4) is 0 Å². The third-order valence-electron chi connectivity index (χ3n) is 2.41. The molecule has 1 aromatic heterocycles. The Bertz CT molecular complexity index is 405. The van der Waals surface area contributed by atoms with E-state index in [2.05, 4.69) is 16.5 Å². The fourth-order valence-electron chi connectivity index (χ4n) is 1.33. The summed E-state index contributed by atoms with van der Waals surface area (Å²) in [5, 5.41) is 0.324. The lowest BCUT2D eigenvalue weighted by atomic mass is 9.86. The van der Waals surface area contributed by atoms with E-state index in [1.807, 2.05) is 0 Å². The van der Waals surface area contributed by atoms with Crippen LogP contribution in [0.3, 0.4) is 0 Å². The quantitative estimate of drug-likeness (QED) is 0.598. The molecule has 0 bridgehead atoms. The van der Waals surface area contributed by atoms with Crippen molar-refractivity contribution in [3.05, 3.63) is 35.9 Å². The SMILES string of the molecule is C=CC(C)(Cc1cnc(Cl)cn1)C(=O)OCC. The Morgan fingerprint density at radius 2 is 2.29 bits per heavy atom. The Hall–Kier alpha value is -1.42. The summed E-state index contributed by atoms with van der Waals surface area (Å²) < 4.78 is 5.01. The van der Waals surface area contributed by atoms with Crippen molar-refractivity contribution in [2.45, 2.75) is 20.3 Å². The van der Waals surface area contributed by atoms with Gasteiger partial charge in [0, 0.05) is 6.42 Å². The van der Waals surface area contributed by atoms with Crippen LogP contribution < -0.4 is 0 Å². The summed E-state index contributed by atoms with van der Waals surface area (Å²) >= 11 is 5.64. The number of ether oxygens (including phenoxy) is 1. The zero-order valence-corrected chi connectivity index (χ0v) is 10.7. The van der Waals surface area contributed by atoms with E-state index in [4.69, 9.17) is 16.3 Å². The summed E-state index contributed by atoms with van der Waals surface area (Å²) in [6, 6.07) is 0. The maximum Gasteiger partial charge on any atom is 0.316 e. The molecule has 0 aliphatic carbocycles. The molecule has 0 fully saturated rings.